The average Bonchev–Trinajstić information content (AvgIpc) is 3.22. The van der Waals surface area contributed by atoms with Crippen LogP contribution in [0.15, 0.2) is 72.9 Å². The van der Waals surface area contributed by atoms with E-state index in [2.05, 4.69) is 14.8 Å². The summed E-state index contributed by atoms with van der Waals surface area (Å²) in [5.41, 5.74) is 2.01. The summed E-state index contributed by atoms with van der Waals surface area (Å²) in [5.74, 6) is -0.570. The molecule has 39 heavy (non-hydrogen) atoms. The maximum Gasteiger partial charge on any atom is 0.339 e. The van der Waals surface area contributed by atoms with Gasteiger partial charge in [0.15, 0.2) is 0 Å². The van der Waals surface area contributed by atoms with Gasteiger partial charge >= 0.3 is 5.97 Å². The first-order chi connectivity index (χ1) is 18.9. The number of halogens is 1. The van der Waals surface area contributed by atoms with Crippen LogP contribution in [0.25, 0.3) is 6.08 Å². The Hall–Kier alpha value is -4.37. The van der Waals surface area contributed by atoms with Crippen LogP contribution in [0.2, 0.25) is 0 Å². The van der Waals surface area contributed by atoms with E-state index in [0.717, 1.165) is 11.4 Å². The fourth-order valence-corrected chi connectivity index (χ4v) is 4.87. The second-order valence-electron chi connectivity index (χ2n) is 9.42. The number of amides is 2. The molecular weight excluding hydrogens is 499 g/mol. The molecular formula is C30H29FN4O4. The fourth-order valence-electron chi connectivity index (χ4n) is 4.87. The van der Waals surface area contributed by atoms with Crippen LogP contribution in [0.3, 0.4) is 0 Å². The number of esters is 1. The van der Waals surface area contributed by atoms with Crippen molar-refractivity contribution in [3.05, 3.63) is 101 Å². The predicted molar refractivity (Wildman–Crippen MR) is 145 cm³/mol. The molecule has 2 aromatic carbocycles. The van der Waals surface area contributed by atoms with Crippen LogP contribution < -0.4 is 4.90 Å². The van der Waals surface area contributed by atoms with Gasteiger partial charge in [-0.05, 0) is 48.9 Å². The normalized spacial score (nSPS) is 16.6. The molecule has 1 unspecified atom stereocenters. The van der Waals surface area contributed by atoms with Crippen molar-refractivity contribution >= 4 is 29.7 Å². The number of imide groups is 1. The molecule has 2 aliphatic rings. The van der Waals surface area contributed by atoms with Gasteiger partial charge in [0.25, 0.3) is 11.8 Å². The van der Waals surface area contributed by atoms with Crippen molar-refractivity contribution in [2.75, 3.05) is 44.2 Å². The average molecular weight is 529 g/mol. The fraction of sp³-hybridized carbons (Fsp3) is 0.267. The van der Waals surface area contributed by atoms with Crippen LogP contribution in [0.4, 0.5) is 10.2 Å². The Kier molecular flexibility index (Phi) is 7.79. The third-order valence-corrected chi connectivity index (χ3v) is 6.94. The number of hydrogen-bond acceptors (Lipinski definition) is 7. The Morgan fingerprint density at radius 1 is 0.974 bits per heavy atom. The number of benzene rings is 2. The zero-order chi connectivity index (χ0) is 27.4. The Labute approximate surface area is 226 Å². The minimum Gasteiger partial charge on any atom is -0.462 e. The third-order valence-electron chi connectivity index (χ3n) is 6.94. The first kappa shape index (κ1) is 26.2. The molecule has 1 saturated heterocycles. The van der Waals surface area contributed by atoms with Gasteiger partial charge < -0.3 is 9.64 Å². The van der Waals surface area contributed by atoms with Crippen LogP contribution >= 0.6 is 0 Å². The summed E-state index contributed by atoms with van der Waals surface area (Å²) in [6, 6.07) is 16.0. The maximum absolute atomic E-state index is 13.4. The van der Waals surface area contributed by atoms with Crippen LogP contribution in [0.5, 0.6) is 0 Å². The molecule has 8 nitrogen and oxygen atoms in total. The SMILES string of the molecule is CCOC(=O)c1ccc(N2CCN(CC(C=Cc3ccc(F)cc3)N3C(=O)c4ccccc4C3=O)CC2)nc1. The number of carbonyl (C=O) groups is 3. The predicted octanol–water partition coefficient (Wildman–Crippen LogP) is 3.90. The standard InChI is InChI=1S/C30H29FN4O4/c1-2-39-30(38)22-10-14-27(32-19-22)34-17-15-33(16-18-34)20-24(13-9-21-7-11-23(31)12-8-21)35-28(36)25-5-3-4-6-26(25)29(35)37/h3-14,19,24H,2,15-18,20H2,1H3. The number of ether oxygens (including phenoxy) is 1. The summed E-state index contributed by atoms with van der Waals surface area (Å²) in [5, 5.41) is 0. The summed E-state index contributed by atoms with van der Waals surface area (Å²) < 4.78 is 18.4. The smallest absolute Gasteiger partial charge is 0.339 e. The minimum absolute atomic E-state index is 0.309. The number of nitrogens with zero attached hydrogens (tertiary/aromatic N) is 4. The molecule has 1 aromatic heterocycles. The molecule has 1 atom stereocenters. The number of rotatable bonds is 8. The number of anilines is 1. The Morgan fingerprint density at radius 3 is 2.23 bits per heavy atom. The van der Waals surface area contributed by atoms with E-state index in [1.165, 1.54) is 23.2 Å². The number of aromatic nitrogens is 1. The highest BCUT2D eigenvalue weighted by Crippen LogP contribution is 2.26. The highest BCUT2D eigenvalue weighted by atomic mass is 19.1. The van der Waals surface area contributed by atoms with Gasteiger partial charge in [0.2, 0.25) is 0 Å². The van der Waals surface area contributed by atoms with Gasteiger partial charge in [-0.1, -0.05) is 36.4 Å². The molecule has 2 amide bonds. The van der Waals surface area contributed by atoms with Gasteiger partial charge in [-0.15, -0.1) is 0 Å². The van der Waals surface area contributed by atoms with Crippen molar-refractivity contribution < 1.29 is 23.5 Å². The molecule has 200 valence electrons. The number of pyridine rings is 1. The molecule has 0 spiro atoms. The second-order valence-corrected chi connectivity index (χ2v) is 9.42. The maximum atomic E-state index is 13.4. The third kappa shape index (κ3) is 5.73. The lowest BCUT2D eigenvalue weighted by Crippen LogP contribution is -2.52. The van der Waals surface area contributed by atoms with Crippen molar-refractivity contribution in [3.8, 4) is 0 Å². The molecule has 3 aromatic rings. The zero-order valence-corrected chi connectivity index (χ0v) is 21.6. The van der Waals surface area contributed by atoms with Crippen LogP contribution in [0.1, 0.15) is 43.6 Å². The van der Waals surface area contributed by atoms with Gasteiger partial charge in [0.1, 0.15) is 11.6 Å². The van der Waals surface area contributed by atoms with E-state index < -0.39 is 12.0 Å². The van der Waals surface area contributed by atoms with Crippen molar-refractivity contribution in [2.24, 2.45) is 0 Å². The van der Waals surface area contributed by atoms with Crippen molar-refractivity contribution in [1.82, 2.24) is 14.8 Å². The summed E-state index contributed by atoms with van der Waals surface area (Å²) in [6.45, 7) is 5.33. The number of fused-ring (bicyclic) bond motifs is 1. The van der Waals surface area contributed by atoms with E-state index in [9.17, 15) is 18.8 Å². The number of piperazine rings is 1. The molecule has 9 heteroatoms. The van der Waals surface area contributed by atoms with E-state index in [1.807, 2.05) is 18.2 Å². The van der Waals surface area contributed by atoms with E-state index in [4.69, 9.17) is 4.74 Å². The molecule has 0 bridgehead atoms. The van der Waals surface area contributed by atoms with Crippen molar-refractivity contribution in [3.63, 3.8) is 0 Å². The van der Waals surface area contributed by atoms with E-state index in [1.54, 1.807) is 49.4 Å². The molecule has 0 N–H and O–H groups in total. The van der Waals surface area contributed by atoms with Crippen molar-refractivity contribution in [1.29, 1.82) is 0 Å². The lowest BCUT2D eigenvalue weighted by Gasteiger charge is -2.37. The lowest BCUT2D eigenvalue weighted by atomic mass is 10.1. The Balaban J connectivity index is 1.29. The van der Waals surface area contributed by atoms with Gasteiger partial charge in [0, 0.05) is 38.9 Å². The van der Waals surface area contributed by atoms with Gasteiger partial charge in [-0.3, -0.25) is 19.4 Å². The summed E-state index contributed by atoms with van der Waals surface area (Å²) >= 11 is 0. The van der Waals surface area contributed by atoms with Gasteiger partial charge in [0.05, 0.1) is 29.3 Å². The highest BCUT2D eigenvalue weighted by molar-refractivity contribution is 6.21. The Bertz CT molecular complexity index is 1350. The van der Waals surface area contributed by atoms with E-state index in [-0.39, 0.29) is 17.6 Å². The number of carbonyl (C=O) groups excluding carboxylic acids is 3. The minimum atomic E-state index is -0.504. The van der Waals surface area contributed by atoms with E-state index in [0.29, 0.717) is 56.0 Å². The summed E-state index contributed by atoms with van der Waals surface area (Å²) in [4.78, 5) is 48.5. The van der Waals surface area contributed by atoms with Crippen LogP contribution in [-0.4, -0.2) is 77.9 Å². The molecule has 3 heterocycles. The highest BCUT2D eigenvalue weighted by Gasteiger charge is 2.39. The summed E-state index contributed by atoms with van der Waals surface area (Å²) in [7, 11) is 0. The summed E-state index contributed by atoms with van der Waals surface area (Å²) in [6.07, 6.45) is 5.19. The van der Waals surface area contributed by atoms with Gasteiger partial charge in [-0.25, -0.2) is 14.2 Å². The van der Waals surface area contributed by atoms with Crippen LogP contribution in [-0.2, 0) is 4.74 Å². The molecule has 2 aliphatic heterocycles. The van der Waals surface area contributed by atoms with Crippen LogP contribution in [0, 0.1) is 5.82 Å². The largest absolute Gasteiger partial charge is 0.462 e. The molecule has 0 radical (unpaired) electrons. The molecule has 0 aliphatic carbocycles. The first-order valence-corrected chi connectivity index (χ1v) is 13.0. The first-order valence-electron chi connectivity index (χ1n) is 13.0. The second kappa shape index (κ2) is 11.6. The van der Waals surface area contributed by atoms with Gasteiger partial charge in [-0.2, -0.15) is 0 Å². The quantitative estimate of drug-likeness (QED) is 0.324. The molecule has 0 saturated carbocycles. The van der Waals surface area contributed by atoms with Crippen molar-refractivity contribution in [2.45, 2.75) is 13.0 Å². The lowest BCUT2D eigenvalue weighted by molar-refractivity contribution is 0.0523. The monoisotopic (exact) mass is 528 g/mol. The van der Waals surface area contributed by atoms with E-state index >= 15 is 0 Å². The topological polar surface area (TPSA) is 83.0 Å². The molecule has 1 fully saturated rings. The number of hydrogen-bond donors (Lipinski definition) is 0. The Morgan fingerprint density at radius 2 is 1.64 bits per heavy atom. The zero-order valence-electron chi connectivity index (χ0n) is 21.6. The molecule has 5 rings (SSSR count).